The van der Waals surface area contributed by atoms with Gasteiger partial charge in [-0.15, -0.1) is 0 Å². The molecular weight excluding hydrogens is 1860 g/mol. The number of hydrogen-bond donors (Lipinski definition) is 2. The van der Waals surface area contributed by atoms with Gasteiger partial charge in [-0.25, -0.2) is 0 Å². The Morgan fingerprint density at radius 2 is 0.483 bits per heavy atom. The van der Waals surface area contributed by atoms with Crippen LogP contribution in [0, 0.1) is 0 Å². The summed E-state index contributed by atoms with van der Waals surface area (Å²) in [7, 11) is 7.41. The summed E-state index contributed by atoms with van der Waals surface area (Å²) in [4.78, 5) is 29.2. The average Bonchev–Trinajstić information content (AvgIpc) is 0.804. The molecule has 8 aromatic rings. The molecule has 18 rings (SSSR count). The molecule has 23 heteroatoms. The molecule has 0 amide bonds. The number of rotatable bonds is 16. The van der Waals surface area contributed by atoms with Gasteiger partial charge in [0.1, 0.15) is 17.2 Å². The largest absolute Gasteiger partial charge is 0.495 e. The van der Waals surface area contributed by atoms with Gasteiger partial charge in [0.25, 0.3) is 0 Å². The molecule has 0 spiro atoms. The molecule has 10 aliphatic heterocycles. The van der Waals surface area contributed by atoms with Gasteiger partial charge >= 0.3 is 0 Å². The van der Waals surface area contributed by atoms with E-state index < -0.39 is 0 Å². The number of morpholine rings is 4. The van der Waals surface area contributed by atoms with Crippen LogP contribution in [0.5, 0.6) is 17.2 Å². The van der Waals surface area contributed by atoms with E-state index in [0.29, 0.717) is 31.8 Å². The first kappa shape index (κ1) is 120. The highest BCUT2D eigenvalue weighted by Gasteiger charge is 2.35. The zero-order valence-electron chi connectivity index (χ0n) is 97.7. The average molecular weight is 2060 g/mol. The van der Waals surface area contributed by atoms with Gasteiger partial charge in [0.15, 0.2) is 0 Å². The van der Waals surface area contributed by atoms with Crippen LogP contribution in [-0.4, -0.2) is 325 Å². The van der Waals surface area contributed by atoms with E-state index >= 15 is 0 Å². The molecule has 2 unspecified atom stereocenters. The Hall–Kier alpha value is -8.92. The van der Waals surface area contributed by atoms with Crippen LogP contribution in [0.4, 0.5) is 45.5 Å². The Kier molecular flexibility index (Phi) is 44.6. The Balaban J connectivity index is 0.000000162. The molecule has 10 aliphatic rings. The van der Waals surface area contributed by atoms with Crippen LogP contribution in [-0.2, 0) is 71.7 Å². The number of aliphatic hydroxyl groups excluding tert-OH is 2. The third-order valence-electron chi connectivity index (χ3n) is 30.6. The fraction of sp³-hybridized carbons (Fsp3) is 0.619. The highest BCUT2D eigenvalue weighted by molar-refractivity contribution is 5.64. The Morgan fingerprint density at radius 3 is 0.752 bits per heavy atom. The summed E-state index contributed by atoms with van der Waals surface area (Å²) in [6.07, 6.45) is -0.170. The second-order valence-electron chi connectivity index (χ2n) is 50.0. The first-order valence-electron chi connectivity index (χ1n) is 55.8. The van der Waals surface area contributed by atoms with Crippen LogP contribution in [0.3, 0.4) is 0 Å². The van der Waals surface area contributed by atoms with E-state index in [1.54, 1.807) is 21.3 Å². The van der Waals surface area contributed by atoms with Crippen molar-refractivity contribution in [1.82, 2.24) is 19.6 Å². The number of ether oxygens (including phenoxy) is 9. The zero-order valence-corrected chi connectivity index (χ0v) is 97.7. The first-order valence-corrected chi connectivity index (χ1v) is 55.8. The van der Waals surface area contributed by atoms with E-state index in [4.69, 9.17) is 47.7 Å². The number of hydrogen-bond acceptors (Lipinski definition) is 23. The predicted octanol–water partition coefficient (Wildman–Crippen LogP) is 20.9. The SMILES string of the molecule is CC(C)(C)c1ccc(N2CCN(C3COC3)CC2)cc1.CC(C)(C)c1ccc(N2CCOC(CO)C2)cc1.CC(C)(C)c1ccc(N2CCOCC2)cc1.CCN1CCN(c2ccc(C(C)(C)C)cc2)CC1.CN1CCN(c2ccc(C(C)(C)C)cc2)CC1.COc1cc(C(C)(C)C)ccc1N1CCN(C2COC2)CC1.COc1cc(C(C)(C)C)ccc1N1CCOC(CO)C1.COc1cc(C(C)(C)C)ccc1N1CCOCC1. The minimum Gasteiger partial charge on any atom is -0.495 e. The second kappa shape index (κ2) is 55.2. The predicted molar refractivity (Wildman–Crippen MR) is 626 cm³/mol. The smallest absolute Gasteiger partial charge is 0.142 e. The topological polar surface area (TPSA) is 162 Å². The van der Waals surface area contributed by atoms with Gasteiger partial charge in [0.05, 0.1) is 142 Å². The second-order valence-corrected chi connectivity index (χ2v) is 50.0. The number of aliphatic hydroxyl groups is 2. The normalized spacial score (nSPS) is 19.5. The molecule has 0 radical (unpaired) electrons. The maximum absolute atomic E-state index is 9.25. The van der Waals surface area contributed by atoms with E-state index in [1.807, 2.05) is 0 Å². The van der Waals surface area contributed by atoms with Gasteiger partial charge < -0.3 is 102 Å². The third-order valence-corrected chi connectivity index (χ3v) is 30.6. The number of likely N-dealkylation sites (N-methyl/N-ethyl adjacent to an activating group) is 2. The summed E-state index contributed by atoms with van der Waals surface area (Å²) < 4.78 is 49.1. The van der Waals surface area contributed by atoms with Crippen LogP contribution in [0.25, 0.3) is 0 Å². The molecule has 149 heavy (non-hydrogen) atoms. The van der Waals surface area contributed by atoms with Crippen LogP contribution in [0.1, 0.15) is 218 Å². The molecular formula is C126H196N12O11. The van der Waals surface area contributed by atoms with Gasteiger partial charge in [-0.2, -0.15) is 0 Å². The van der Waals surface area contributed by atoms with Gasteiger partial charge in [-0.05, 0) is 198 Å². The van der Waals surface area contributed by atoms with Gasteiger partial charge in [-0.1, -0.05) is 252 Å². The van der Waals surface area contributed by atoms with E-state index in [9.17, 15) is 5.11 Å². The summed E-state index contributed by atoms with van der Waals surface area (Å²) in [6.45, 7) is 90.9. The molecule has 2 N–H and O–H groups in total. The van der Waals surface area contributed by atoms with E-state index in [1.165, 1.54) is 117 Å². The Bertz CT molecular complexity index is 5190. The van der Waals surface area contributed by atoms with Crippen LogP contribution >= 0.6 is 0 Å². The molecule has 10 fully saturated rings. The molecule has 23 nitrogen and oxygen atoms in total. The fourth-order valence-electron chi connectivity index (χ4n) is 19.7. The van der Waals surface area contributed by atoms with Gasteiger partial charge in [-0.3, -0.25) is 9.80 Å². The number of anilines is 8. The summed E-state index contributed by atoms with van der Waals surface area (Å²) in [5.74, 6) is 2.84. The molecule has 10 heterocycles. The van der Waals surface area contributed by atoms with Crippen molar-refractivity contribution in [3.05, 3.63) is 220 Å². The lowest BCUT2D eigenvalue weighted by Crippen LogP contribution is -2.56. The molecule has 0 saturated carbocycles. The molecule has 0 bridgehead atoms. The molecule has 0 aromatic heterocycles. The van der Waals surface area contributed by atoms with Gasteiger partial charge in [0.2, 0.25) is 0 Å². The summed E-state index contributed by atoms with van der Waals surface area (Å²) >= 11 is 0. The number of piperazine rings is 4. The van der Waals surface area contributed by atoms with Crippen molar-refractivity contribution in [2.45, 2.75) is 241 Å². The standard InChI is InChI=1S/C18H28N2O2.C17H26N2O.C16H26N2.C16H25NO3.C15H24N2.2C15H23NO2.C14H21NO/c1-18(2,3)14-5-6-16(17(11-14)21-4)20-9-7-19(8-10-20)15-12-22-13-15;1-17(2,3)14-4-6-15(7-5-14)18-8-10-19(11-9-18)16-12-20-13-16;1-5-17-10-12-18(13-11-17)15-8-6-14(7-9-15)16(2,3)4;1-16(2,3)12-5-6-14(15(9-12)19-4)17-7-8-20-13(10-17)11-18;1-15(2,3)13-5-7-14(8-6-13)17-11-9-16(4)10-12-17;1-15(2,3)12-5-6-13(14(11-12)17-4)16-7-9-18-10-8-16;1-15(2,3)12-4-6-13(7-5-12)16-8-9-18-14(10-16)11-17;1-14(2,3)12-4-6-13(7-5-12)15-8-10-16-11-9-15/h5-6,11,15H,7-10,12-13H2,1-4H3;4-7,16H,8-13H2,1-3H3;6-9H,5,10-13H2,1-4H3;5-6,9,13,18H,7-8,10-11H2,1-4H3;5-8H,9-12H2,1-4H3;5-6,11H,7-10H2,1-4H3;4-7,14,17H,8-11H2,1-3H3;4-7H,8-11H2,1-3H3. The van der Waals surface area contributed by atoms with E-state index in [0.717, 1.165) is 200 Å². The summed E-state index contributed by atoms with van der Waals surface area (Å²) in [5.41, 5.74) is 22.5. The van der Waals surface area contributed by atoms with E-state index in [2.05, 4.69) is 415 Å². The van der Waals surface area contributed by atoms with Crippen LogP contribution in [0.15, 0.2) is 176 Å². The molecule has 826 valence electrons. The first-order chi connectivity index (χ1) is 70.5. The maximum atomic E-state index is 9.25. The monoisotopic (exact) mass is 2050 g/mol. The maximum Gasteiger partial charge on any atom is 0.142 e. The third kappa shape index (κ3) is 36.4. The van der Waals surface area contributed by atoms with Crippen LogP contribution in [0.2, 0.25) is 0 Å². The summed E-state index contributed by atoms with van der Waals surface area (Å²) in [6, 6.07) is 65.9. The van der Waals surface area contributed by atoms with Crippen molar-refractivity contribution in [3.8, 4) is 17.2 Å². The van der Waals surface area contributed by atoms with Crippen LogP contribution < -0.4 is 53.4 Å². The molecule has 0 aliphatic carbocycles. The quantitative estimate of drug-likeness (QED) is 0.0938. The molecule has 10 saturated heterocycles. The molecule has 8 aromatic carbocycles. The van der Waals surface area contributed by atoms with E-state index in [-0.39, 0.29) is 68.7 Å². The lowest BCUT2D eigenvalue weighted by Gasteiger charge is -2.43. The van der Waals surface area contributed by atoms with Crippen molar-refractivity contribution >= 4 is 45.5 Å². The minimum absolute atomic E-state index is 0.0545. The van der Waals surface area contributed by atoms with Crippen molar-refractivity contribution in [2.75, 3.05) is 310 Å². The van der Waals surface area contributed by atoms with Crippen molar-refractivity contribution in [1.29, 1.82) is 0 Å². The van der Waals surface area contributed by atoms with Gasteiger partial charge in [0, 0.05) is 186 Å². The summed E-state index contributed by atoms with van der Waals surface area (Å²) in [5, 5.41) is 18.4. The van der Waals surface area contributed by atoms with Crippen molar-refractivity contribution < 1.29 is 52.8 Å². The molecule has 2 atom stereocenters. The lowest BCUT2D eigenvalue weighted by atomic mass is 9.87. The lowest BCUT2D eigenvalue weighted by molar-refractivity contribution is -0.0660. The highest BCUT2D eigenvalue weighted by Crippen LogP contribution is 2.41. The number of nitrogens with zero attached hydrogens (tertiary/aromatic N) is 12. The fourth-order valence-corrected chi connectivity index (χ4v) is 19.7. The highest BCUT2D eigenvalue weighted by atomic mass is 16.5. The zero-order chi connectivity index (χ0) is 108. The Morgan fingerprint density at radius 1 is 0.255 bits per heavy atom. The Labute approximate surface area is 901 Å². The van der Waals surface area contributed by atoms with Crippen molar-refractivity contribution in [3.63, 3.8) is 0 Å². The number of methoxy groups -OCH3 is 3. The minimum atomic E-state index is -0.115. The van der Waals surface area contributed by atoms with Crippen molar-refractivity contribution in [2.24, 2.45) is 0 Å². The number of benzene rings is 8.